The Labute approximate surface area is 173 Å². The maximum absolute atomic E-state index is 11.6. The van der Waals surface area contributed by atoms with Gasteiger partial charge in [-0.25, -0.2) is 0 Å². The zero-order valence-electron chi connectivity index (χ0n) is 15.9. The summed E-state index contributed by atoms with van der Waals surface area (Å²) in [4.78, 5) is 19.9. The predicted molar refractivity (Wildman–Crippen MR) is 117 cm³/mol. The van der Waals surface area contributed by atoms with E-state index in [2.05, 4.69) is 21.7 Å². The van der Waals surface area contributed by atoms with Crippen LogP contribution in [0.4, 0.5) is 5.69 Å². The van der Waals surface area contributed by atoms with Crippen LogP contribution in [0.25, 0.3) is 10.9 Å². The maximum Gasteiger partial charge on any atom is 0.221 e. The third-order valence-corrected chi connectivity index (χ3v) is 6.63. The normalized spacial score (nSPS) is 20.4. The number of nitrogens with one attached hydrogen (secondary N) is 3. The van der Waals surface area contributed by atoms with Gasteiger partial charge in [0.2, 0.25) is 5.91 Å². The molecule has 1 amide bonds. The molecule has 3 N–H and O–H groups in total. The molecule has 0 aliphatic carbocycles. The van der Waals surface area contributed by atoms with Crippen molar-refractivity contribution in [2.45, 2.75) is 25.3 Å². The Morgan fingerprint density at radius 3 is 2.96 bits per heavy atom. The van der Waals surface area contributed by atoms with Crippen LogP contribution >= 0.6 is 23.4 Å². The fraction of sp³-hybridized carbons (Fsp3) is 0.500. The highest BCUT2D eigenvalue weighted by Gasteiger charge is 2.23. The second kappa shape index (κ2) is 8.76. The molecule has 6 nitrogen and oxygen atoms in total. The van der Waals surface area contributed by atoms with Crippen LogP contribution in [-0.2, 0) is 9.53 Å². The Kier molecular flexibility index (Phi) is 6.13. The molecule has 28 heavy (non-hydrogen) atoms. The Morgan fingerprint density at radius 2 is 2.18 bits per heavy atom. The highest BCUT2D eigenvalue weighted by Crippen LogP contribution is 2.32. The third-order valence-electron chi connectivity index (χ3n) is 5.26. The van der Waals surface area contributed by atoms with Crippen LogP contribution in [0, 0.1) is 5.92 Å². The van der Waals surface area contributed by atoms with Crippen molar-refractivity contribution in [2.75, 3.05) is 37.9 Å². The van der Waals surface area contributed by atoms with Gasteiger partial charge in [-0.2, -0.15) is 0 Å². The summed E-state index contributed by atoms with van der Waals surface area (Å²) in [6.45, 7) is 2.60. The number of aromatic nitrogens is 1. The lowest BCUT2D eigenvalue weighted by Crippen LogP contribution is -2.23. The average Bonchev–Trinajstić information content (AvgIpc) is 3.33. The van der Waals surface area contributed by atoms with Crippen LogP contribution in [0.5, 0.6) is 0 Å². The van der Waals surface area contributed by atoms with E-state index in [-0.39, 0.29) is 11.9 Å². The van der Waals surface area contributed by atoms with E-state index in [9.17, 15) is 4.79 Å². The number of thioether (sulfide) groups is 1. The second-order valence-corrected chi connectivity index (χ2v) is 8.76. The fourth-order valence-electron chi connectivity index (χ4n) is 3.65. The second-order valence-electron chi connectivity index (χ2n) is 7.31. The molecular weight excluding hydrogens is 396 g/mol. The molecule has 4 rings (SSSR count). The van der Waals surface area contributed by atoms with Crippen LogP contribution in [0.2, 0.25) is 5.02 Å². The number of anilines is 1. The van der Waals surface area contributed by atoms with E-state index in [0.29, 0.717) is 17.4 Å². The number of hydrogen-bond donors (Lipinski definition) is 3. The SMILES string of the molecule is CNC(=O)CC1CSC(c2cc3cc(Cl)cc(NCC4CCOCC4)c3[nH]2)=N1. The van der Waals surface area contributed by atoms with Crippen molar-refractivity contribution in [3.8, 4) is 0 Å². The molecule has 0 spiro atoms. The summed E-state index contributed by atoms with van der Waals surface area (Å²) in [6.07, 6.45) is 2.61. The van der Waals surface area contributed by atoms with E-state index >= 15 is 0 Å². The summed E-state index contributed by atoms with van der Waals surface area (Å²) in [5, 5.41) is 8.97. The van der Waals surface area contributed by atoms with Crippen molar-refractivity contribution in [3.63, 3.8) is 0 Å². The number of fused-ring (bicyclic) bond motifs is 1. The summed E-state index contributed by atoms with van der Waals surface area (Å²) in [5.74, 6) is 1.48. The summed E-state index contributed by atoms with van der Waals surface area (Å²) < 4.78 is 5.45. The minimum absolute atomic E-state index is 0.0265. The Balaban J connectivity index is 1.53. The zero-order valence-corrected chi connectivity index (χ0v) is 17.5. The van der Waals surface area contributed by atoms with Gasteiger partial charge in [-0.15, -0.1) is 11.8 Å². The highest BCUT2D eigenvalue weighted by molar-refractivity contribution is 8.14. The molecule has 0 bridgehead atoms. The van der Waals surface area contributed by atoms with Gasteiger partial charge in [0.15, 0.2) is 0 Å². The molecule has 1 fully saturated rings. The molecule has 2 aliphatic heterocycles. The largest absolute Gasteiger partial charge is 0.383 e. The van der Waals surface area contributed by atoms with Crippen molar-refractivity contribution < 1.29 is 9.53 Å². The van der Waals surface area contributed by atoms with Gasteiger partial charge in [-0.05, 0) is 37.0 Å². The summed E-state index contributed by atoms with van der Waals surface area (Å²) in [5.41, 5.74) is 3.05. The van der Waals surface area contributed by atoms with E-state index in [1.54, 1.807) is 18.8 Å². The quantitative estimate of drug-likeness (QED) is 0.666. The van der Waals surface area contributed by atoms with E-state index in [0.717, 1.165) is 65.7 Å². The molecular formula is C20H25ClN4O2S. The van der Waals surface area contributed by atoms with E-state index < -0.39 is 0 Å². The van der Waals surface area contributed by atoms with Crippen molar-refractivity contribution in [2.24, 2.45) is 10.9 Å². The third kappa shape index (κ3) is 4.47. The molecule has 2 aromatic rings. The van der Waals surface area contributed by atoms with Gasteiger partial charge >= 0.3 is 0 Å². The first-order valence-corrected chi connectivity index (χ1v) is 11.0. The van der Waals surface area contributed by atoms with Crippen LogP contribution < -0.4 is 10.6 Å². The number of aromatic amines is 1. The van der Waals surface area contributed by atoms with Gasteiger partial charge in [0.1, 0.15) is 5.04 Å². The van der Waals surface area contributed by atoms with Crippen molar-refractivity contribution >= 4 is 50.9 Å². The number of carbonyl (C=O) groups is 1. The summed E-state index contributed by atoms with van der Waals surface area (Å²) in [6, 6.07) is 6.07. The minimum Gasteiger partial charge on any atom is -0.383 e. The molecule has 8 heteroatoms. The van der Waals surface area contributed by atoms with Gasteiger partial charge in [0.25, 0.3) is 0 Å². The number of ether oxygens (including phenoxy) is 1. The molecule has 3 heterocycles. The average molecular weight is 421 g/mol. The molecule has 0 saturated carbocycles. The summed E-state index contributed by atoms with van der Waals surface area (Å²) >= 11 is 8.05. The Bertz CT molecular complexity index is 892. The molecule has 2 aliphatic rings. The Hall–Kier alpha value is -1.70. The monoisotopic (exact) mass is 420 g/mol. The van der Waals surface area contributed by atoms with Crippen LogP contribution in [0.1, 0.15) is 25.0 Å². The molecule has 150 valence electrons. The molecule has 1 aromatic heterocycles. The standard InChI is InChI=1S/C20H25ClN4O2S/c1-22-18(26)9-15-11-28-20(24-15)17-7-13-6-14(21)8-16(19(13)25-17)23-10-12-2-4-27-5-3-12/h6-8,12,15,23,25H,2-5,9-11H2,1H3,(H,22,26). The van der Waals surface area contributed by atoms with Crippen molar-refractivity contribution in [3.05, 3.63) is 28.9 Å². The number of H-pyrrole nitrogens is 1. The maximum atomic E-state index is 11.6. The lowest BCUT2D eigenvalue weighted by atomic mass is 10.0. The highest BCUT2D eigenvalue weighted by atomic mass is 35.5. The van der Waals surface area contributed by atoms with Crippen LogP contribution in [0.3, 0.4) is 0 Å². The first-order valence-electron chi connectivity index (χ1n) is 9.68. The zero-order chi connectivity index (χ0) is 19.5. The molecule has 1 unspecified atom stereocenters. The number of hydrogen-bond acceptors (Lipinski definition) is 5. The molecule has 1 aromatic carbocycles. The molecule has 1 saturated heterocycles. The van der Waals surface area contributed by atoms with Gasteiger partial charge in [0, 0.05) is 49.4 Å². The number of rotatable bonds is 6. The lowest BCUT2D eigenvalue weighted by molar-refractivity contribution is -0.120. The lowest BCUT2D eigenvalue weighted by Gasteiger charge is -2.22. The number of nitrogens with zero attached hydrogens (tertiary/aromatic N) is 1. The minimum atomic E-state index is 0.0265. The fourth-order valence-corrected chi connectivity index (χ4v) is 4.91. The van der Waals surface area contributed by atoms with Crippen molar-refractivity contribution in [1.82, 2.24) is 10.3 Å². The Morgan fingerprint density at radius 1 is 1.36 bits per heavy atom. The van der Waals surface area contributed by atoms with Gasteiger partial charge in [0.05, 0.1) is 22.9 Å². The number of benzene rings is 1. The van der Waals surface area contributed by atoms with E-state index in [1.165, 1.54) is 0 Å². The van der Waals surface area contributed by atoms with Crippen LogP contribution in [-0.4, -0.2) is 54.5 Å². The van der Waals surface area contributed by atoms with Crippen LogP contribution in [0.15, 0.2) is 23.2 Å². The summed E-state index contributed by atoms with van der Waals surface area (Å²) in [7, 11) is 1.66. The van der Waals surface area contributed by atoms with Gasteiger partial charge in [-0.1, -0.05) is 11.6 Å². The van der Waals surface area contributed by atoms with E-state index in [4.69, 9.17) is 21.3 Å². The number of aliphatic imine (C=N–C) groups is 1. The smallest absolute Gasteiger partial charge is 0.221 e. The van der Waals surface area contributed by atoms with Crippen molar-refractivity contribution in [1.29, 1.82) is 0 Å². The number of halogens is 1. The van der Waals surface area contributed by atoms with E-state index in [1.807, 2.05) is 12.1 Å². The molecule has 0 radical (unpaired) electrons. The first-order chi connectivity index (χ1) is 13.6. The van der Waals surface area contributed by atoms with Gasteiger partial charge < -0.3 is 20.4 Å². The molecule has 1 atom stereocenters. The van der Waals surface area contributed by atoms with Gasteiger partial charge in [-0.3, -0.25) is 9.79 Å². The number of carbonyl (C=O) groups excluding carboxylic acids is 1. The number of amides is 1. The topological polar surface area (TPSA) is 78.5 Å². The first kappa shape index (κ1) is 19.6. The predicted octanol–water partition coefficient (Wildman–Crippen LogP) is 3.66.